The van der Waals surface area contributed by atoms with Gasteiger partial charge in [-0.3, -0.25) is 15.1 Å². The molecule has 6 heteroatoms. The van der Waals surface area contributed by atoms with E-state index in [-0.39, 0.29) is 17.3 Å². The molecule has 0 aliphatic heterocycles. The van der Waals surface area contributed by atoms with Gasteiger partial charge in [-0.05, 0) is 0 Å². The van der Waals surface area contributed by atoms with Gasteiger partial charge in [-0.25, -0.2) is 0 Å². The van der Waals surface area contributed by atoms with E-state index < -0.39 is 4.92 Å². The molecular formula is C8H6ClN3O2. The first-order valence-electron chi connectivity index (χ1n) is 3.59. The highest BCUT2D eigenvalue weighted by Gasteiger charge is 2.13. The Morgan fingerprint density at radius 2 is 2.36 bits per heavy atom. The molecule has 0 saturated carbocycles. The Labute approximate surface area is 85.0 Å². The largest absolute Gasteiger partial charge is 0.392 e. The average Bonchev–Trinajstić information content (AvgIpc) is 2.16. The summed E-state index contributed by atoms with van der Waals surface area (Å²) in [5.74, 6) is 5.27. The molecule has 14 heavy (non-hydrogen) atoms. The summed E-state index contributed by atoms with van der Waals surface area (Å²) in [7, 11) is 0. The van der Waals surface area contributed by atoms with Crippen LogP contribution in [0.2, 0.25) is 0 Å². The molecular weight excluding hydrogens is 206 g/mol. The van der Waals surface area contributed by atoms with Crippen LogP contribution in [0.25, 0.3) is 0 Å². The fraction of sp³-hybridized carbons (Fsp3) is 0.125. The number of pyridine rings is 1. The van der Waals surface area contributed by atoms with Crippen LogP contribution < -0.4 is 5.73 Å². The van der Waals surface area contributed by atoms with Crippen molar-refractivity contribution in [2.24, 2.45) is 0 Å². The van der Waals surface area contributed by atoms with Gasteiger partial charge in [0.05, 0.1) is 16.4 Å². The number of anilines is 1. The lowest BCUT2D eigenvalue weighted by Gasteiger charge is -1.97. The Kier molecular flexibility index (Phi) is 3.26. The quantitative estimate of drug-likeness (QED) is 0.327. The van der Waals surface area contributed by atoms with Crippen LogP contribution in [0.4, 0.5) is 11.4 Å². The lowest BCUT2D eigenvalue weighted by molar-refractivity contribution is -0.384. The third-order valence-corrected chi connectivity index (χ3v) is 1.59. The molecule has 1 aromatic rings. The molecule has 5 nitrogen and oxygen atoms in total. The van der Waals surface area contributed by atoms with E-state index in [1.807, 2.05) is 0 Å². The van der Waals surface area contributed by atoms with Crippen molar-refractivity contribution in [3.63, 3.8) is 0 Å². The van der Waals surface area contributed by atoms with Gasteiger partial charge < -0.3 is 5.73 Å². The summed E-state index contributed by atoms with van der Waals surface area (Å²) >= 11 is 5.34. The smallest absolute Gasteiger partial charge is 0.311 e. The highest BCUT2D eigenvalue weighted by atomic mass is 35.5. The molecule has 1 heterocycles. The SMILES string of the molecule is Nc1c(C#CCCl)cncc1[N+](=O)[O-]. The standard InChI is InChI=1S/C8H6ClN3O2/c9-3-1-2-6-4-11-5-7(8(6)10)12(13)14/h4-5H,3H2,(H2,10,11). The van der Waals surface area contributed by atoms with Crippen LogP contribution in [-0.2, 0) is 0 Å². The van der Waals surface area contributed by atoms with Crippen molar-refractivity contribution in [3.8, 4) is 11.8 Å². The van der Waals surface area contributed by atoms with Crippen molar-refractivity contribution in [2.75, 3.05) is 11.6 Å². The second-order valence-corrected chi connectivity index (χ2v) is 2.58. The summed E-state index contributed by atoms with van der Waals surface area (Å²) in [6.45, 7) is 0. The Balaban J connectivity index is 3.20. The number of halogens is 1. The number of nitrogens with two attached hydrogens (primary N) is 1. The predicted molar refractivity (Wildman–Crippen MR) is 52.9 cm³/mol. The Hall–Kier alpha value is -1.80. The van der Waals surface area contributed by atoms with E-state index in [1.54, 1.807) is 0 Å². The van der Waals surface area contributed by atoms with Gasteiger partial charge in [-0.2, -0.15) is 0 Å². The van der Waals surface area contributed by atoms with Gasteiger partial charge in [0.2, 0.25) is 0 Å². The van der Waals surface area contributed by atoms with Gasteiger partial charge in [0, 0.05) is 6.20 Å². The first-order chi connectivity index (χ1) is 6.66. The number of nitrogens with zero attached hydrogens (tertiary/aromatic N) is 2. The van der Waals surface area contributed by atoms with E-state index in [2.05, 4.69) is 16.8 Å². The van der Waals surface area contributed by atoms with Gasteiger partial charge in [-0.15, -0.1) is 11.6 Å². The van der Waals surface area contributed by atoms with Crippen LogP contribution in [0.5, 0.6) is 0 Å². The number of hydrogen-bond acceptors (Lipinski definition) is 4. The topological polar surface area (TPSA) is 82.0 Å². The van der Waals surface area contributed by atoms with Crippen LogP contribution in [0.3, 0.4) is 0 Å². The minimum absolute atomic E-state index is 0.0163. The molecule has 2 N–H and O–H groups in total. The molecule has 0 unspecified atom stereocenters. The molecule has 0 bridgehead atoms. The highest BCUT2D eigenvalue weighted by Crippen LogP contribution is 2.22. The zero-order valence-corrected chi connectivity index (χ0v) is 7.78. The van der Waals surface area contributed by atoms with E-state index >= 15 is 0 Å². The third-order valence-electron chi connectivity index (χ3n) is 1.45. The van der Waals surface area contributed by atoms with Gasteiger partial charge in [0.15, 0.2) is 0 Å². The van der Waals surface area contributed by atoms with Crippen molar-refractivity contribution in [2.45, 2.75) is 0 Å². The highest BCUT2D eigenvalue weighted by molar-refractivity contribution is 6.19. The van der Waals surface area contributed by atoms with Crippen molar-refractivity contribution in [1.82, 2.24) is 4.98 Å². The second-order valence-electron chi connectivity index (χ2n) is 2.31. The zero-order valence-electron chi connectivity index (χ0n) is 7.03. The van der Waals surface area contributed by atoms with E-state index in [9.17, 15) is 10.1 Å². The van der Waals surface area contributed by atoms with Gasteiger partial charge in [0.1, 0.15) is 11.9 Å². The summed E-state index contributed by atoms with van der Waals surface area (Å²) in [5.41, 5.74) is 5.59. The lowest BCUT2D eigenvalue weighted by atomic mass is 10.2. The zero-order chi connectivity index (χ0) is 10.6. The summed E-state index contributed by atoms with van der Waals surface area (Å²) in [4.78, 5) is 13.5. The van der Waals surface area contributed by atoms with E-state index in [1.165, 1.54) is 6.20 Å². The molecule has 0 spiro atoms. The van der Waals surface area contributed by atoms with Crippen LogP contribution in [0, 0.1) is 22.0 Å². The molecule has 0 fully saturated rings. The van der Waals surface area contributed by atoms with Crippen molar-refractivity contribution < 1.29 is 4.92 Å². The summed E-state index contributed by atoms with van der Waals surface area (Å²) in [6, 6.07) is 0. The van der Waals surface area contributed by atoms with Crippen molar-refractivity contribution >= 4 is 23.0 Å². The van der Waals surface area contributed by atoms with Crippen LogP contribution in [-0.4, -0.2) is 15.8 Å². The van der Waals surface area contributed by atoms with Crippen molar-refractivity contribution in [3.05, 3.63) is 28.1 Å². The summed E-state index contributed by atoms with van der Waals surface area (Å²) < 4.78 is 0. The molecule has 1 rings (SSSR count). The maximum absolute atomic E-state index is 10.5. The minimum atomic E-state index is -0.603. The Bertz CT molecular complexity index is 422. The Morgan fingerprint density at radius 3 is 2.93 bits per heavy atom. The van der Waals surface area contributed by atoms with Crippen molar-refractivity contribution in [1.29, 1.82) is 0 Å². The van der Waals surface area contributed by atoms with Crippen LogP contribution >= 0.6 is 11.6 Å². The molecule has 0 amide bonds. The van der Waals surface area contributed by atoms with Gasteiger partial charge >= 0.3 is 5.69 Å². The average molecular weight is 212 g/mol. The van der Waals surface area contributed by atoms with E-state index in [0.29, 0.717) is 5.56 Å². The second kappa shape index (κ2) is 4.44. The predicted octanol–water partition coefficient (Wildman–Crippen LogP) is 1.16. The van der Waals surface area contributed by atoms with Gasteiger partial charge in [0.25, 0.3) is 0 Å². The number of rotatable bonds is 1. The molecule has 72 valence electrons. The molecule has 0 atom stereocenters. The minimum Gasteiger partial charge on any atom is -0.392 e. The molecule has 0 aliphatic carbocycles. The first kappa shape index (κ1) is 10.3. The normalized spacial score (nSPS) is 8.93. The fourth-order valence-corrected chi connectivity index (χ4v) is 0.900. The number of nitrogen functional groups attached to an aromatic ring is 1. The fourth-order valence-electron chi connectivity index (χ4n) is 0.833. The number of aromatic nitrogens is 1. The maximum Gasteiger partial charge on any atom is 0.311 e. The summed E-state index contributed by atoms with van der Waals surface area (Å²) in [6.07, 6.45) is 2.45. The number of alkyl halides is 1. The molecule has 1 aromatic heterocycles. The number of nitro groups is 1. The maximum atomic E-state index is 10.5. The lowest BCUT2D eigenvalue weighted by Crippen LogP contribution is -1.99. The summed E-state index contributed by atoms with van der Waals surface area (Å²) in [5, 5.41) is 10.5. The van der Waals surface area contributed by atoms with Crippen LogP contribution in [0.1, 0.15) is 5.56 Å². The Morgan fingerprint density at radius 1 is 1.64 bits per heavy atom. The first-order valence-corrected chi connectivity index (χ1v) is 4.13. The van der Waals surface area contributed by atoms with E-state index in [4.69, 9.17) is 17.3 Å². The molecule has 0 aromatic carbocycles. The van der Waals surface area contributed by atoms with Gasteiger partial charge in [-0.1, -0.05) is 11.8 Å². The molecule has 0 aliphatic rings. The molecule has 0 radical (unpaired) electrons. The monoisotopic (exact) mass is 211 g/mol. The van der Waals surface area contributed by atoms with E-state index in [0.717, 1.165) is 6.20 Å². The molecule has 0 saturated heterocycles. The number of hydrogen-bond donors (Lipinski definition) is 1. The van der Waals surface area contributed by atoms with Crippen LogP contribution in [0.15, 0.2) is 12.4 Å². The third kappa shape index (κ3) is 2.12.